The molecule has 1 fully saturated rings. The van der Waals surface area contributed by atoms with E-state index in [2.05, 4.69) is 18.9 Å². The van der Waals surface area contributed by atoms with Gasteiger partial charge in [0.05, 0.1) is 23.1 Å². The number of aromatic nitrogens is 2. The highest BCUT2D eigenvalue weighted by molar-refractivity contribution is 5.95. The molecule has 0 radical (unpaired) electrons. The number of aryl methyl sites for hydroxylation is 1. The van der Waals surface area contributed by atoms with E-state index in [1.807, 2.05) is 40.8 Å². The zero-order chi connectivity index (χ0) is 19.6. The van der Waals surface area contributed by atoms with Crippen LogP contribution >= 0.6 is 0 Å². The highest BCUT2D eigenvalue weighted by Crippen LogP contribution is 2.24. The van der Waals surface area contributed by atoms with Crippen molar-refractivity contribution in [2.45, 2.75) is 39.5 Å². The summed E-state index contributed by atoms with van der Waals surface area (Å²) in [5, 5.41) is 4.50. The fraction of sp³-hybridized carbons (Fsp3) is 0.476. The largest absolute Gasteiger partial charge is 0.341 e. The molecule has 144 valence electrons. The first kappa shape index (κ1) is 19.1. The van der Waals surface area contributed by atoms with Crippen LogP contribution in [0.25, 0.3) is 5.69 Å². The van der Waals surface area contributed by atoms with Crippen molar-refractivity contribution >= 4 is 11.8 Å². The summed E-state index contributed by atoms with van der Waals surface area (Å²) in [7, 11) is 1.79. The molecule has 2 heterocycles. The zero-order valence-electron chi connectivity index (χ0n) is 16.6. The number of carbonyl (C=O) groups excluding carboxylic acids is 2. The number of amides is 2. The Bertz CT molecular complexity index is 823. The summed E-state index contributed by atoms with van der Waals surface area (Å²) in [5.74, 6) is 0.288. The highest BCUT2D eigenvalue weighted by Gasteiger charge is 2.25. The maximum Gasteiger partial charge on any atom is 0.257 e. The molecule has 1 aromatic carbocycles. The predicted molar refractivity (Wildman–Crippen MR) is 105 cm³/mol. The van der Waals surface area contributed by atoms with Crippen molar-refractivity contribution in [2.24, 2.45) is 0 Å². The van der Waals surface area contributed by atoms with Gasteiger partial charge in [-0.25, -0.2) is 4.68 Å². The van der Waals surface area contributed by atoms with Crippen LogP contribution in [0.5, 0.6) is 0 Å². The van der Waals surface area contributed by atoms with E-state index in [0.29, 0.717) is 25.1 Å². The Kier molecular flexibility index (Phi) is 5.63. The molecule has 1 aliphatic heterocycles. The molecule has 0 aliphatic carbocycles. The molecule has 1 aliphatic rings. The van der Waals surface area contributed by atoms with Crippen LogP contribution in [0.1, 0.15) is 54.2 Å². The molecule has 2 aromatic rings. The van der Waals surface area contributed by atoms with E-state index in [-0.39, 0.29) is 17.7 Å². The molecule has 0 saturated carbocycles. The van der Waals surface area contributed by atoms with Crippen molar-refractivity contribution in [3.05, 3.63) is 47.3 Å². The van der Waals surface area contributed by atoms with Gasteiger partial charge < -0.3 is 9.80 Å². The summed E-state index contributed by atoms with van der Waals surface area (Å²) in [6.07, 6.45) is 3.20. The molecule has 1 saturated heterocycles. The van der Waals surface area contributed by atoms with Gasteiger partial charge in [-0.2, -0.15) is 5.10 Å². The van der Waals surface area contributed by atoms with Crippen molar-refractivity contribution in [3.8, 4) is 5.69 Å². The number of carbonyl (C=O) groups is 2. The Hall–Kier alpha value is -2.63. The first-order valence-electron chi connectivity index (χ1n) is 9.56. The lowest BCUT2D eigenvalue weighted by Gasteiger charge is -2.22. The lowest BCUT2D eigenvalue weighted by Crippen LogP contribution is -2.37. The minimum Gasteiger partial charge on any atom is -0.341 e. The van der Waals surface area contributed by atoms with E-state index in [1.54, 1.807) is 18.1 Å². The highest BCUT2D eigenvalue weighted by atomic mass is 16.2. The first-order chi connectivity index (χ1) is 12.9. The second-order valence-corrected chi connectivity index (χ2v) is 7.56. The number of nitrogens with zero attached hydrogens (tertiary/aromatic N) is 4. The summed E-state index contributed by atoms with van der Waals surface area (Å²) < 4.78 is 1.86. The van der Waals surface area contributed by atoms with Crippen LogP contribution < -0.4 is 0 Å². The number of hydrogen-bond donors (Lipinski definition) is 0. The average Bonchev–Trinajstić information content (AvgIpc) is 3.26. The van der Waals surface area contributed by atoms with Gasteiger partial charge in [0.2, 0.25) is 5.91 Å². The summed E-state index contributed by atoms with van der Waals surface area (Å²) in [6.45, 7) is 8.10. The van der Waals surface area contributed by atoms with E-state index in [4.69, 9.17) is 0 Å². The van der Waals surface area contributed by atoms with Crippen LogP contribution in [-0.4, -0.2) is 58.1 Å². The molecular formula is C21H28N4O2. The molecule has 6 nitrogen and oxygen atoms in total. The van der Waals surface area contributed by atoms with Crippen LogP contribution in [0.3, 0.4) is 0 Å². The van der Waals surface area contributed by atoms with Gasteiger partial charge in [0, 0.05) is 33.1 Å². The summed E-state index contributed by atoms with van der Waals surface area (Å²) in [5.41, 5.74) is 3.67. The fourth-order valence-corrected chi connectivity index (χ4v) is 3.49. The van der Waals surface area contributed by atoms with Crippen LogP contribution in [0, 0.1) is 6.92 Å². The molecule has 0 spiro atoms. The van der Waals surface area contributed by atoms with Crippen molar-refractivity contribution in [1.29, 1.82) is 0 Å². The lowest BCUT2D eigenvalue weighted by molar-refractivity contribution is -0.127. The molecule has 2 amide bonds. The molecule has 0 atom stereocenters. The average molecular weight is 368 g/mol. The minimum absolute atomic E-state index is 0.0521. The second kappa shape index (κ2) is 7.94. The maximum absolute atomic E-state index is 13.0. The van der Waals surface area contributed by atoms with Gasteiger partial charge in [-0.05, 0) is 31.4 Å². The smallest absolute Gasteiger partial charge is 0.257 e. The van der Waals surface area contributed by atoms with Gasteiger partial charge in [-0.1, -0.05) is 31.5 Å². The Labute approximate surface area is 160 Å². The van der Waals surface area contributed by atoms with Crippen LogP contribution in [-0.2, 0) is 4.79 Å². The Balaban J connectivity index is 1.79. The van der Waals surface area contributed by atoms with Gasteiger partial charge in [0.25, 0.3) is 5.91 Å². The van der Waals surface area contributed by atoms with E-state index < -0.39 is 0 Å². The zero-order valence-corrected chi connectivity index (χ0v) is 16.6. The van der Waals surface area contributed by atoms with E-state index in [1.165, 1.54) is 5.56 Å². The summed E-state index contributed by atoms with van der Waals surface area (Å²) in [4.78, 5) is 28.3. The Morgan fingerprint density at radius 2 is 1.96 bits per heavy atom. The third-order valence-electron chi connectivity index (χ3n) is 5.09. The third-order valence-corrected chi connectivity index (χ3v) is 5.09. The monoisotopic (exact) mass is 368 g/mol. The van der Waals surface area contributed by atoms with Gasteiger partial charge in [-0.3, -0.25) is 9.59 Å². The Morgan fingerprint density at radius 1 is 1.26 bits per heavy atom. The topological polar surface area (TPSA) is 58.4 Å². The van der Waals surface area contributed by atoms with E-state index in [0.717, 1.165) is 24.3 Å². The van der Waals surface area contributed by atoms with E-state index >= 15 is 0 Å². The van der Waals surface area contributed by atoms with Gasteiger partial charge >= 0.3 is 0 Å². The molecule has 0 N–H and O–H groups in total. The summed E-state index contributed by atoms with van der Waals surface area (Å²) >= 11 is 0. The number of likely N-dealkylation sites (tertiary alicyclic amines) is 1. The quantitative estimate of drug-likeness (QED) is 0.788. The number of hydrogen-bond acceptors (Lipinski definition) is 3. The fourth-order valence-electron chi connectivity index (χ4n) is 3.49. The summed E-state index contributed by atoms with van der Waals surface area (Å²) in [6, 6.07) is 8.12. The van der Waals surface area contributed by atoms with Gasteiger partial charge in [0.15, 0.2) is 0 Å². The lowest BCUT2D eigenvalue weighted by atomic mass is 10.0. The second-order valence-electron chi connectivity index (χ2n) is 7.56. The number of benzene rings is 1. The molecule has 6 heteroatoms. The molecule has 27 heavy (non-hydrogen) atoms. The molecular weight excluding hydrogens is 340 g/mol. The Morgan fingerprint density at radius 3 is 2.56 bits per heavy atom. The SMILES string of the molecule is Cc1ccc(-n2ncc(C(=O)N(C)CCN3CCCC3=O)c2C(C)C)cc1. The van der Waals surface area contributed by atoms with Crippen LogP contribution in [0.2, 0.25) is 0 Å². The van der Waals surface area contributed by atoms with Crippen molar-refractivity contribution < 1.29 is 9.59 Å². The normalized spacial score (nSPS) is 14.3. The number of rotatable bonds is 6. The molecule has 1 aromatic heterocycles. The van der Waals surface area contributed by atoms with Crippen molar-refractivity contribution in [3.63, 3.8) is 0 Å². The van der Waals surface area contributed by atoms with Gasteiger partial charge in [0.1, 0.15) is 0 Å². The predicted octanol–water partition coefficient (Wildman–Crippen LogP) is 3.00. The van der Waals surface area contributed by atoms with Gasteiger partial charge in [-0.15, -0.1) is 0 Å². The minimum atomic E-state index is -0.0521. The van der Waals surface area contributed by atoms with Crippen LogP contribution in [0.15, 0.2) is 30.5 Å². The molecule has 3 rings (SSSR count). The molecule has 0 unspecified atom stereocenters. The first-order valence-corrected chi connectivity index (χ1v) is 9.56. The van der Waals surface area contributed by atoms with Crippen molar-refractivity contribution in [1.82, 2.24) is 19.6 Å². The van der Waals surface area contributed by atoms with Crippen molar-refractivity contribution in [2.75, 3.05) is 26.7 Å². The third kappa shape index (κ3) is 4.04. The van der Waals surface area contributed by atoms with E-state index in [9.17, 15) is 9.59 Å². The number of likely N-dealkylation sites (N-methyl/N-ethyl adjacent to an activating group) is 1. The maximum atomic E-state index is 13.0. The standard InChI is InChI=1S/C21H28N4O2/c1-15(2)20-18(14-22-25(20)17-9-7-16(3)8-10-17)21(27)23(4)12-13-24-11-5-6-19(24)26/h7-10,14-15H,5-6,11-13H2,1-4H3. The van der Waals surface area contributed by atoms with Crippen LogP contribution in [0.4, 0.5) is 0 Å². The molecule has 0 bridgehead atoms.